The summed E-state index contributed by atoms with van der Waals surface area (Å²) in [6.45, 7) is 6.79. The summed E-state index contributed by atoms with van der Waals surface area (Å²) in [6, 6.07) is 13.2. The van der Waals surface area contributed by atoms with Gasteiger partial charge in [-0.25, -0.2) is 8.42 Å². The van der Waals surface area contributed by atoms with E-state index in [0.717, 1.165) is 30.4 Å². The maximum Gasteiger partial charge on any atom is 0.241 e. The van der Waals surface area contributed by atoms with Crippen molar-refractivity contribution in [2.24, 2.45) is 0 Å². The quantitative estimate of drug-likeness (QED) is 0.502. The zero-order valence-electron chi connectivity index (χ0n) is 18.0. The molecule has 1 amide bonds. The fourth-order valence-corrected chi connectivity index (χ4v) is 4.39. The monoisotopic (exact) mass is 432 g/mol. The van der Waals surface area contributed by atoms with Gasteiger partial charge in [0.2, 0.25) is 15.9 Å². The lowest BCUT2D eigenvalue weighted by molar-refractivity contribution is -0.122. The Labute approximate surface area is 180 Å². The van der Waals surface area contributed by atoms with Crippen molar-refractivity contribution in [1.29, 1.82) is 0 Å². The molecule has 0 aliphatic heterocycles. The number of carbonyl (C=O) groups is 1. The van der Waals surface area contributed by atoms with Crippen LogP contribution in [-0.2, 0) is 21.2 Å². The second-order valence-electron chi connectivity index (χ2n) is 7.22. The lowest BCUT2D eigenvalue weighted by Crippen LogP contribution is -2.48. The summed E-state index contributed by atoms with van der Waals surface area (Å²) in [6.07, 6.45) is 3.20. The molecule has 2 aromatic carbocycles. The highest BCUT2D eigenvalue weighted by atomic mass is 32.2. The van der Waals surface area contributed by atoms with Crippen molar-refractivity contribution in [3.8, 4) is 5.75 Å². The van der Waals surface area contributed by atoms with Crippen LogP contribution in [0.2, 0.25) is 0 Å². The molecule has 2 N–H and O–H groups in total. The van der Waals surface area contributed by atoms with E-state index in [1.54, 1.807) is 19.1 Å². The molecular formula is C23H32N2O4S. The molecule has 0 spiro atoms. The van der Waals surface area contributed by atoms with E-state index in [0.29, 0.717) is 18.9 Å². The lowest BCUT2D eigenvalue weighted by atomic mass is 10.1. The SMILES string of the molecule is CCCCCNC(=O)[C@@H](Cc1ccccc1)NS(=O)(=O)c1ccc(OCC)c(C)c1. The van der Waals surface area contributed by atoms with Crippen LogP contribution in [0.1, 0.15) is 44.2 Å². The number of sulfonamides is 1. The number of benzene rings is 2. The summed E-state index contributed by atoms with van der Waals surface area (Å²) < 4.78 is 34.1. The zero-order chi connectivity index (χ0) is 22.0. The van der Waals surface area contributed by atoms with Gasteiger partial charge in [0, 0.05) is 6.54 Å². The number of hydrogen-bond acceptors (Lipinski definition) is 4. The summed E-state index contributed by atoms with van der Waals surface area (Å²) in [7, 11) is -3.88. The summed E-state index contributed by atoms with van der Waals surface area (Å²) in [4.78, 5) is 12.9. The van der Waals surface area contributed by atoms with Gasteiger partial charge in [0.15, 0.2) is 0 Å². The Morgan fingerprint density at radius 2 is 1.80 bits per heavy atom. The Balaban J connectivity index is 2.20. The Bertz CT molecular complexity index is 914. The van der Waals surface area contributed by atoms with Gasteiger partial charge in [0.25, 0.3) is 0 Å². The van der Waals surface area contributed by atoms with Crippen LogP contribution >= 0.6 is 0 Å². The third kappa shape index (κ3) is 7.15. The molecule has 30 heavy (non-hydrogen) atoms. The highest BCUT2D eigenvalue weighted by molar-refractivity contribution is 7.89. The van der Waals surface area contributed by atoms with Gasteiger partial charge in [-0.1, -0.05) is 50.1 Å². The van der Waals surface area contributed by atoms with E-state index in [2.05, 4.69) is 17.0 Å². The van der Waals surface area contributed by atoms with Crippen LogP contribution in [0.3, 0.4) is 0 Å². The molecule has 0 saturated carbocycles. The van der Waals surface area contributed by atoms with Crippen LogP contribution in [0, 0.1) is 6.92 Å². The van der Waals surface area contributed by atoms with Gasteiger partial charge in [0.05, 0.1) is 11.5 Å². The number of carbonyl (C=O) groups excluding carboxylic acids is 1. The van der Waals surface area contributed by atoms with Gasteiger partial charge in [-0.2, -0.15) is 4.72 Å². The minimum Gasteiger partial charge on any atom is -0.494 e. The maximum atomic E-state index is 13.0. The highest BCUT2D eigenvalue weighted by Gasteiger charge is 2.26. The van der Waals surface area contributed by atoms with Gasteiger partial charge in [-0.3, -0.25) is 4.79 Å². The van der Waals surface area contributed by atoms with Crippen molar-refractivity contribution in [2.45, 2.75) is 57.4 Å². The third-order valence-corrected chi connectivity index (χ3v) is 6.20. The van der Waals surface area contributed by atoms with Crippen molar-refractivity contribution in [1.82, 2.24) is 10.0 Å². The van der Waals surface area contributed by atoms with E-state index in [4.69, 9.17) is 4.74 Å². The Morgan fingerprint density at radius 3 is 2.43 bits per heavy atom. The number of aryl methyl sites for hydroxylation is 1. The fraction of sp³-hybridized carbons (Fsp3) is 0.435. The summed E-state index contributed by atoms with van der Waals surface area (Å²) in [5.41, 5.74) is 1.61. The molecule has 1 atom stereocenters. The van der Waals surface area contributed by atoms with Crippen molar-refractivity contribution in [3.05, 3.63) is 59.7 Å². The molecule has 0 heterocycles. The van der Waals surface area contributed by atoms with Gasteiger partial charge in [0.1, 0.15) is 11.8 Å². The van der Waals surface area contributed by atoms with Crippen molar-refractivity contribution in [2.75, 3.05) is 13.2 Å². The summed E-state index contributed by atoms with van der Waals surface area (Å²) in [5, 5.41) is 2.86. The standard InChI is InChI=1S/C23H32N2O4S/c1-4-6-10-15-24-23(26)21(17-19-11-8-7-9-12-19)25-30(27,28)20-13-14-22(29-5-2)18(3)16-20/h7-9,11-14,16,21,25H,4-6,10,15,17H2,1-3H3,(H,24,26)/t21-/m1/s1. The van der Waals surface area contributed by atoms with Gasteiger partial charge >= 0.3 is 0 Å². The molecular weight excluding hydrogens is 400 g/mol. The van der Waals surface area contributed by atoms with E-state index < -0.39 is 16.1 Å². The Hall–Kier alpha value is -2.38. The number of rotatable bonds is 12. The third-order valence-electron chi connectivity index (χ3n) is 4.73. The van der Waals surface area contributed by atoms with Gasteiger partial charge in [-0.05, 0) is 56.0 Å². The average Bonchev–Trinajstić information content (AvgIpc) is 2.72. The van der Waals surface area contributed by atoms with Crippen LogP contribution in [0.4, 0.5) is 0 Å². The first-order valence-corrected chi connectivity index (χ1v) is 11.9. The van der Waals surface area contributed by atoms with E-state index in [-0.39, 0.29) is 17.2 Å². The molecule has 164 valence electrons. The number of amides is 1. The maximum absolute atomic E-state index is 13.0. The summed E-state index contributed by atoms with van der Waals surface area (Å²) in [5.74, 6) is 0.326. The highest BCUT2D eigenvalue weighted by Crippen LogP contribution is 2.22. The molecule has 0 fully saturated rings. The smallest absolute Gasteiger partial charge is 0.241 e. The van der Waals surface area contributed by atoms with Crippen LogP contribution in [0.15, 0.2) is 53.4 Å². The van der Waals surface area contributed by atoms with Gasteiger partial charge in [-0.15, -0.1) is 0 Å². The first-order valence-electron chi connectivity index (χ1n) is 10.4. The molecule has 0 aliphatic rings. The Kier molecular flexibility index (Phi) is 9.33. The van der Waals surface area contributed by atoms with E-state index in [9.17, 15) is 13.2 Å². The molecule has 0 aliphatic carbocycles. The predicted molar refractivity (Wildman–Crippen MR) is 119 cm³/mol. The number of ether oxygens (including phenoxy) is 1. The largest absolute Gasteiger partial charge is 0.494 e. The van der Waals surface area contributed by atoms with Gasteiger partial charge < -0.3 is 10.1 Å². The topological polar surface area (TPSA) is 84.5 Å². The predicted octanol–water partition coefficient (Wildman–Crippen LogP) is 3.59. The van der Waals surface area contributed by atoms with Crippen molar-refractivity contribution >= 4 is 15.9 Å². The molecule has 7 heteroatoms. The first kappa shape index (κ1) is 23.9. The number of unbranched alkanes of at least 4 members (excludes halogenated alkanes) is 2. The average molecular weight is 433 g/mol. The van der Waals surface area contributed by atoms with Crippen LogP contribution < -0.4 is 14.8 Å². The summed E-state index contributed by atoms with van der Waals surface area (Å²) >= 11 is 0. The molecule has 6 nitrogen and oxygen atoms in total. The fourth-order valence-electron chi connectivity index (χ4n) is 3.11. The van der Waals surface area contributed by atoms with Crippen molar-refractivity contribution in [3.63, 3.8) is 0 Å². The minimum atomic E-state index is -3.88. The van der Waals surface area contributed by atoms with Crippen molar-refractivity contribution < 1.29 is 17.9 Å². The van der Waals surface area contributed by atoms with Crippen LogP contribution in [0.5, 0.6) is 5.75 Å². The molecule has 0 aromatic heterocycles. The molecule has 2 rings (SSSR count). The number of hydrogen-bond donors (Lipinski definition) is 2. The Morgan fingerprint density at radius 1 is 1.07 bits per heavy atom. The molecule has 0 bridgehead atoms. The van der Waals surface area contributed by atoms with Crippen LogP contribution in [0.25, 0.3) is 0 Å². The van der Waals surface area contributed by atoms with Crippen LogP contribution in [-0.4, -0.2) is 33.5 Å². The normalized spacial score (nSPS) is 12.4. The minimum absolute atomic E-state index is 0.111. The zero-order valence-corrected chi connectivity index (χ0v) is 18.8. The molecule has 0 unspecified atom stereocenters. The lowest BCUT2D eigenvalue weighted by Gasteiger charge is -2.19. The number of nitrogens with one attached hydrogen (secondary N) is 2. The molecule has 0 radical (unpaired) electrons. The van der Waals surface area contributed by atoms with E-state index >= 15 is 0 Å². The second kappa shape index (κ2) is 11.7. The second-order valence-corrected chi connectivity index (χ2v) is 8.94. The first-order chi connectivity index (χ1) is 14.4. The van der Waals surface area contributed by atoms with E-state index in [1.807, 2.05) is 37.3 Å². The molecule has 2 aromatic rings. The van der Waals surface area contributed by atoms with E-state index in [1.165, 1.54) is 6.07 Å². The molecule has 0 saturated heterocycles.